The molecule has 0 aromatic rings. The summed E-state index contributed by atoms with van der Waals surface area (Å²) in [6, 6.07) is 0. The molecule has 1 aliphatic rings. The van der Waals surface area contributed by atoms with Crippen molar-refractivity contribution in [3.63, 3.8) is 0 Å². The summed E-state index contributed by atoms with van der Waals surface area (Å²) in [7, 11) is 0. The van der Waals surface area contributed by atoms with E-state index >= 15 is 0 Å². The fourth-order valence-electron chi connectivity index (χ4n) is 3.56. The molecule has 2 nitrogen and oxygen atoms in total. The lowest BCUT2D eigenvalue weighted by atomic mass is 9.94. The van der Waals surface area contributed by atoms with Crippen molar-refractivity contribution < 1.29 is 57.8 Å². The van der Waals surface area contributed by atoms with Gasteiger partial charge in [-0.2, -0.15) is 48.3 Å². The van der Waals surface area contributed by atoms with Gasteiger partial charge in [-0.1, -0.05) is 38.5 Å². The maximum absolute atomic E-state index is 13.6. The average Bonchev–Trinajstić information content (AvgIpc) is 3.23. The molecule has 204 valence electrons. The predicted molar refractivity (Wildman–Crippen MR) is 102 cm³/mol. The molecule has 0 aromatic carbocycles. The molecule has 34 heavy (non-hydrogen) atoms. The molecule has 1 aliphatic heterocycles. The second kappa shape index (κ2) is 12.9. The van der Waals surface area contributed by atoms with E-state index in [2.05, 4.69) is 0 Å². The first-order chi connectivity index (χ1) is 15.6. The molecule has 0 radical (unpaired) electrons. The van der Waals surface area contributed by atoms with Crippen molar-refractivity contribution in [2.45, 2.75) is 113 Å². The van der Waals surface area contributed by atoms with E-state index in [-0.39, 0.29) is 12.5 Å². The molecule has 1 heterocycles. The summed E-state index contributed by atoms with van der Waals surface area (Å²) in [4.78, 5) is 0. The molecule has 0 amide bonds. The Bertz CT molecular complexity index is 574. The van der Waals surface area contributed by atoms with Gasteiger partial charge in [0.05, 0.1) is 6.10 Å². The topological polar surface area (TPSA) is 18.5 Å². The Labute approximate surface area is 191 Å². The number of rotatable bonds is 17. The van der Waals surface area contributed by atoms with E-state index in [4.69, 9.17) is 9.47 Å². The molecular weight excluding hydrogens is 493 g/mol. The minimum Gasteiger partial charge on any atom is -0.381 e. The fourth-order valence-corrected chi connectivity index (χ4v) is 3.56. The zero-order valence-electron chi connectivity index (χ0n) is 18.7. The van der Waals surface area contributed by atoms with Gasteiger partial charge in [0.2, 0.25) is 0 Å². The Morgan fingerprint density at radius 1 is 0.618 bits per heavy atom. The second-order valence-electron chi connectivity index (χ2n) is 8.54. The lowest BCUT2D eigenvalue weighted by Crippen LogP contribution is -2.66. The van der Waals surface area contributed by atoms with Crippen molar-refractivity contribution in [1.29, 1.82) is 0 Å². The number of hydrogen-bond donors (Lipinski definition) is 0. The quantitative estimate of drug-likeness (QED) is 0.141. The van der Waals surface area contributed by atoms with Gasteiger partial charge in [0, 0.05) is 26.2 Å². The van der Waals surface area contributed by atoms with Gasteiger partial charge in [0.25, 0.3) is 0 Å². The van der Waals surface area contributed by atoms with E-state index in [9.17, 15) is 48.3 Å². The van der Waals surface area contributed by atoms with Crippen LogP contribution in [0.5, 0.6) is 0 Å². The Kier molecular flexibility index (Phi) is 11.8. The van der Waals surface area contributed by atoms with E-state index in [1.54, 1.807) is 0 Å². The van der Waals surface area contributed by atoms with E-state index in [1.807, 2.05) is 0 Å². The highest BCUT2D eigenvalue weighted by Crippen LogP contribution is 2.58. The number of alkyl halides is 11. The first-order valence-corrected chi connectivity index (χ1v) is 11.4. The van der Waals surface area contributed by atoms with Crippen LogP contribution in [0.2, 0.25) is 0 Å². The molecule has 0 spiro atoms. The van der Waals surface area contributed by atoms with E-state index < -0.39 is 42.7 Å². The lowest BCUT2D eigenvalue weighted by molar-refractivity contribution is -0.422. The first-order valence-electron chi connectivity index (χ1n) is 11.4. The molecule has 1 atom stereocenters. The van der Waals surface area contributed by atoms with Crippen molar-refractivity contribution in [2.24, 2.45) is 0 Å². The van der Waals surface area contributed by atoms with Crippen LogP contribution in [0.1, 0.15) is 77.0 Å². The largest absolute Gasteiger partial charge is 0.460 e. The van der Waals surface area contributed by atoms with E-state index in [0.717, 1.165) is 45.1 Å². The van der Waals surface area contributed by atoms with Crippen molar-refractivity contribution in [3.8, 4) is 0 Å². The molecule has 13 heteroatoms. The van der Waals surface area contributed by atoms with Crippen molar-refractivity contribution in [2.75, 3.05) is 19.8 Å². The maximum Gasteiger partial charge on any atom is 0.460 e. The van der Waals surface area contributed by atoms with Crippen molar-refractivity contribution in [1.82, 2.24) is 0 Å². The summed E-state index contributed by atoms with van der Waals surface area (Å²) in [5.41, 5.74) is 0. The van der Waals surface area contributed by atoms with Gasteiger partial charge in [-0.25, -0.2) is 0 Å². The number of unbranched alkanes of at least 4 members (excludes halogenated alkanes) is 7. The van der Waals surface area contributed by atoms with E-state index in [0.29, 0.717) is 32.5 Å². The zero-order chi connectivity index (χ0) is 26.1. The van der Waals surface area contributed by atoms with Gasteiger partial charge >= 0.3 is 29.9 Å². The molecule has 0 aliphatic carbocycles. The molecule has 0 aromatic heterocycles. The Hall–Kier alpha value is -0.850. The van der Waals surface area contributed by atoms with Gasteiger partial charge in [-0.15, -0.1) is 0 Å². The molecule has 1 saturated heterocycles. The normalized spacial score (nSPS) is 18.6. The highest BCUT2D eigenvalue weighted by atomic mass is 19.4. The third kappa shape index (κ3) is 8.09. The zero-order valence-corrected chi connectivity index (χ0v) is 18.7. The van der Waals surface area contributed by atoms with Crippen LogP contribution in [-0.4, -0.2) is 55.8 Å². The SMILES string of the molecule is FC(F)(F)C(F)(F)C(F)(F)C(F)(F)C(F)(F)CCCCCCCCCCOCCC1CCCO1. The summed E-state index contributed by atoms with van der Waals surface area (Å²) in [5, 5.41) is 0. The van der Waals surface area contributed by atoms with Crippen LogP contribution in [0.4, 0.5) is 48.3 Å². The number of hydrogen-bond acceptors (Lipinski definition) is 2. The number of halogens is 11. The highest BCUT2D eigenvalue weighted by Gasteiger charge is 2.86. The van der Waals surface area contributed by atoms with Crippen LogP contribution in [0.25, 0.3) is 0 Å². The summed E-state index contributed by atoms with van der Waals surface area (Å²) < 4.78 is 153. The van der Waals surface area contributed by atoms with Gasteiger partial charge < -0.3 is 9.47 Å². The monoisotopic (exact) mass is 524 g/mol. The van der Waals surface area contributed by atoms with Crippen molar-refractivity contribution >= 4 is 0 Å². The summed E-state index contributed by atoms with van der Waals surface area (Å²) in [5.74, 6) is -27.3. The average molecular weight is 524 g/mol. The summed E-state index contributed by atoms with van der Waals surface area (Å²) in [6.07, 6.45) is -2.60. The third-order valence-corrected chi connectivity index (χ3v) is 5.74. The standard InChI is InChI=1S/C21H31F11O2/c22-17(23,18(24,25)19(26,27)20(28,29)21(30,31)32)12-7-5-3-1-2-4-6-8-13-33-15-11-16-10-9-14-34-16/h16H,1-15H2. The van der Waals surface area contributed by atoms with Gasteiger partial charge in [0.15, 0.2) is 0 Å². The van der Waals surface area contributed by atoms with Crippen LogP contribution in [-0.2, 0) is 9.47 Å². The maximum atomic E-state index is 13.6. The predicted octanol–water partition coefficient (Wildman–Crippen LogP) is 8.19. The first kappa shape index (κ1) is 31.2. The van der Waals surface area contributed by atoms with E-state index in [1.165, 1.54) is 0 Å². The van der Waals surface area contributed by atoms with Crippen LogP contribution in [0.15, 0.2) is 0 Å². The fraction of sp³-hybridized carbons (Fsp3) is 1.00. The summed E-state index contributed by atoms with van der Waals surface area (Å²) >= 11 is 0. The minimum atomic E-state index is -7.32. The van der Waals surface area contributed by atoms with Crippen molar-refractivity contribution in [3.05, 3.63) is 0 Å². The molecule has 1 rings (SSSR count). The minimum absolute atomic E-state index is 0.0841. The Morgan fingerprint density at radius 3 is 1.65 bits per heavy atom. The second-order valence-corrected chi connectivity index (χ2v) is 8.54. The lowest BCUT2D eigenvalue weighted by Gasteiger charge is -2.37. The highest BCUT2D eigenvalue weighted by molar-refractivity contribution is 5.06. The van der Waals surface area contributed by atoms with Crippen LogP contribution >= 0.6 is 0 Å². The molecule has 0 N–H and O–H groups in total. The summed E-state index contributed by atoms with van der Waals surface area (Å²) in [6.45, 7) is 2.00. The smallest absolute Gasteiger partial charge is 0.381 e. The molecule has 1 unspecified atom stereocenters. The Morgan fingerprint density at radius 2 is 1.15 bits per heavy atom. The van der Waals surface area contributed by atoms with Crippen LogP contribution in [0, 0.1) is 0 Å². The number of ether oxygens (including phenoxy) is 2. The van der Waals surface area contributed by atoms with Gasteiger partial charge in [-0.05, 0) is 32.1 Å². The molecule has 0 saturated carbocycles. The molecular formula is C21H31F11O2. The van der Waals surface area contributed by atoms with Crippen LogP contribution in [0.3, 0.4) is 0 Å². The Balaban J connectivity index is 2.18. The van der Waals surface area contributed by atoms with Gasteiger partial charge in [0.1, 0.15) is 0 Å². The van der Waals surface area contributed by atoms with Crippen LogP contribution < -0.4 is 0 Å². The van der Waals surface area contributed by atoms with Gasteiger partial charge in [-0.3, -0.25) is 0 Å². The third-order valence-electron chi connectivity index (χ3n) is 5.74. The molecule has 1 fully saturated rings. The molecule has 0 bridgehead atoms.